The molecule has 1 atom stereocenters. The van der Waals surface area contributed by atoms with Gasteiger partial charge in [-0.3, -0.25) is 0 Å². The number of halogens is 1. The number of likely N-dealkylation sites (N-methyl/N-ethyl adjacent to an activating group) is 1. The quantitative estimate of drug-likeness (QED) is 0.675. The van der Waals surface area contributed by atoms with Gasteiger partial charge in [0.1, 0.15) is 5.01 Å². The Kier molecular flexibility index (Phi) is 7.11. The lowest BCUT2D eigenvalue weighted by molar-refractivity contribution is 0.376. The highest BCUT2D eigenvalue weighted by atomic mass is 35.5. The van der Waals surface area contributed by atoms with E-state index >= 15 is 0 Å². The molecular formula is C18H23ClN4OS. The highest BCUT2D eigenvalue weighted by Gasteiger charge is 2.12. The van der Waals surface area contributed by atoms with Gasteiger partial charge < -0.3 is 9.84 Å². The summed E-state index contributed by atoms with van der Waals surface area (Å²) in [6.45, 7) is 4.25. The lowest BCUT2D eigenvalue weighted by Gasteiger charge is -2.04. The van der Waals surface area contributed by atoms with Crippen LogP contribution in [0.3, 0.4) is 0 Å². The van der Waals surface area contributed by atoms with Gasteiger partial charge in [-0.05, 0) is 26.0 Å². The molecule has 3 aromatic rings. The smallest absolute Gasteiger partial charge is 0.232 e. The van der Waals surface area contributed by atoms with Crippen molar-refractivity contribution in [2.75, 3.05) is 7.05 Å². The molecule has 0 aliphatic carbocycles. The molecular weight excluding hydrogens is 356 g/mol. The number of aromatic nitrogens is 3. The first-order chi connectivity index (χ1) is 11.7. The Morgan fingerprint density at radius 2 is 1.96 bits per heavy atom. The second kappa shape index (κ2) is 9.08. The van der Waals surface area contributed by atoms with E-state index in [1.807, 2.05) is 7.05 Å². The Morgan fingerprint density at radius 1 is 1.20 bits per heavy atom. The highest BCUT2D eigenvalue weighted by Crippen LogP contribution is 2.25. The molecule has 7 heteroatoms. The van der Waals surface area contributed by atoms with E-state index in [0.717, 1.165) is 34.9 Å². The van der Waals surface area contributed by atoms with Crippen LogP contribution >= 0.6 is 23.7 Å². The summed E-state index contributed by atoms with van der Waals surface area (Å²) in [6.07, 6.45) is 2.38. The maximum absolute atomic E-state index is 5.33. The second-order valence-corrected chi connectivity index (χ2v) is 6.73. The van der Waals surface area contributed by atoms with E-state index < -0.39 is 0 Å². The van der Waals surface area contributed by atoms with Crippen molar-refractivity contribution in [2.45, 2.75) is 39.2 Å². The molecule has 1 unspecified atom stereocenters. The molecule has 0 saturated heterocycles. The summed E-state index contributed by atoms with van der Waals surface area (Å²) in [6, 6.07) is 8.90. The van der Waals surface area contributed by atoms with Crippen LogP contribution < -0.4 is 5.32 Å². The van der Waals surface area contributed by atoms with Gasteiger partial charge in [0.25, 0.3) is 0 Å². The van der Waals surface area contributed by atoms with Crippen LogP contribution in [0, 0.1) is 0 Å². The van der Waals surface area contributed by atoms with Gasteiger partial charge in [-0.25, -0.2) is 4.98 Å². The lowest BCUT2D eigenvalue weighted by Crippen LogP contribution is -2.24. The van der Waals surface area contributed by atoms with Crippen LogP contribution in [0.25, 0.3) is 10.6 Å². The summed E-state index contributed by atoms with van der Waals surface area (Å²) in [4.78, 5) is 9.14. The van der Waals surface area contributed by atoms with Crippen molar-refractivity contribution in [1.82, 2.24) is 20.4 Å². The van der Waals surface area contributed by atoms with Crippen LogP contribution in [-0.4, -0.2) is 28.2 Å². The number of hydrogen-bond acceptors (Lipinski definition) is 6. The van der Waals surface area contributed by atoms with E-state index in [1.165, 1.54) is 5.56 Å². The number of aryl methyl sites for hydroxylation is 1. The van der Waals surface area contributed by atoms with Crippen LogP contribution in [-0.2, 0) is 19.3 Å². The van der Waals surface area contributed by atoms with Crippen molar-refractivity contribution >= 4 is 23.7 Å². The first kappa shape index (κ1) is 19.6. The molecule has 0 saturated carbocycles. The van der Waals surface area contributed by atoms with Crippen LogP contribution in [0.2, 0.25) is 0 Å². The molecule has 3 rings (SSSR count). The zero-order valence-electron chi connectivity index (χ0n) is 14.7. The van der Waals surface area contributed by atoms with Gasteiger partial charge in [-0.15, -0.1) is 23.7 Å². The molecule has 134 valence electrons. The topological polar surface area (TPSA) is 63.8 Å². The summed E-state index contributed by atoms with van der Waals surface area (Å²) in [5.41, 5.74) is 3.45. The Morgan fingerprint density at radius 3 is 2.64 bits per heavy atom. The van der Waals surface area contributed by atoms with Gasteiger partial charge in [0, 0.05) is 23.4 Å². The maximum atomic E-state index is 5.33. The monoisotopic (exact) mass is 378 g/mol. The molecule has 0 aliphatic heterocycles. The fraction of sp³-hybridized carbons (Fsp3) is 0.389. The van der Waals surface area contributed by atoms with E-state index in [2.05, 4.69) is 59.0 Å². The second-order valence-electron chi connectivity index (χ2n) is 5.87. The van der Waals surface area contributed by atoms with Crippen LogP contribution in [0.5, 0.6) is 0 Å². The van der Waals surface area contributed by atoms with E-state index in [0.29, 0.717) is 18.4 Å². The maximum Gasteiger partial charge on any atom is 0.232 e. The molecule has 5 nitrogen and oxygen atoms in total. The van der Waals surface area contributed by atoms with E-state index in [9.17, 15) is 0 Å². The predicted octanol–water partition coefficient (Wildman–Crippen LogP) is 3.92. The van der Waals surface area contributed by atoms with Gasteiger partial charge in [0.15, 0.2) is 5.82 Å². The van der Waals surface area contributed by atoms with Gasteiger partial charge in [-0.2, -0.15) is 4.98 Å². The summed E-state index contributed by atoms with van der Waals surface area (Å²) < 4.78 is 5.33. The van der Waals surface area contributed by atoms with E-state index in [4.69, 9.17) is 9.51 Å². The molecule has 1 N–H and O–H groups in total. The molecule has 0 spiro atoms. The molecule has 25 heavy (non-hydrogen) atoms. The van der Waals surface area contributed by atoms with Crippen LogP contribution in [0.1, 0.15) is 36.8 Å². The van der Waals surface area contributed by atoms with Crippen molar-refractivity contribution in [3.63, 3.8) is 0 Å². The molecule has 1 aromatic carbocycles. The summed E-state index contributed by atoms with van der Waals surface area (Å²) in [7, 11) is 1.93. The largest absolute Gasteiger partial charge is 0.339 e. The Labute approximate surface area is 158 Å². The first-order valence-corrected chi connectivity index (χ1v) is 9.08. The minimum absolute atomic E-state index is 0. The summed E-state index contributed by atoms with van der Waals surface area (Å²) >= 11 is 1.65. The fourth-order valence-corrected chi connectivity index (χ4v) is 3.21. The number of nitrogens with zero attached hydrogens (tertiary/aromatic N) is 3. The minimum Gasteiger partial charge on any atom is -0.339 e. The minimum atomic E-state index is 0. The molecule has 0 radical (unpaired) electrons. The molecule has 0 aliphatic rings. The third-order valence-electron chi connectivity index (χ3n) is 3.98. The molecule has 0 amide bonds. The zero-order valence-corrected chi connectivity index (χ0v) is 16.3. The Balaban J connectivity index is 0.00000225. The van der Waals surface area contributed by atoms with Crippen molar-refractivity contribution in [2.24, 2.45) is 0 Å². The third-order valence-corrected chi connectivity index (χ3v) is 4.93. The fourth-order valence-electron chi connectivity index (χ4n) is 2.38. The lowest BCUT2D eigenvalue weighted by atomic mass is 10.1. The first-order valence-electron chi connectivity index (χ1n) is 8.20. The third kappa shape index (κ3) is 5.11. The standard InChI is InChI=1S/C18H22N4OS.ClH/c1-4-13-5-7-14(8-6-13)18-20-15(11-24-18)10-17-21-16(22-23-17)9-12(2)19-3;/h5-8,11-12,19H,4,9-10H2,1-3H3;1H. The highest BCUT2D eigenvalue weighted by molar-refractivity contribution is 7.13. The average Bonchev–Trinajstić information content (AvgIpc) is 3.25. The van der Waals surface area contributed by atoms with Crippen LogP contribution in [0.4, 0.5) is 0 Å². The number of hydrogen-bond donors (Lipinski definition) is 1. The van der Waals surface area contributed by atoms with Gasteiger partial charge >= 0.3 is 0 Å². The summed E-state index contributed by atoms with van der Waals surface area (Å²) in [5.74, 6) is 1.35. The predicted molar refractivity (Wildman–Crippen MR) is 104 cm³/mol. The van der Waals surface area contributed by atoms with E-state index in [-0.39, 0.29) is 12.4 Å². The number of thiazole rings is 1. The molecule has 2 aromatic heterocycles. The average molecular weight is 379 g/mol. The van der Waals surface area contributed by atoms with Crippen molar-refractivity contribution in [1.29, 1.82) is 0 Å². The van der Waals surface area contributed by atoms with Crippen LogP contribution in [0.15, 0.2) is 34.2 Å². The van der Waals surface area contributed by atoms with Gasteiger partial charge in [-0.1, -0.05) is 36.3 Å². The van der Waals surface area contributed by atoms with Gasteiger partial charge in [0.05, 0.1) is 12.1 Å². The Bertz CT molecular complexity index is 784. The van der Waals surface area contributed by atoms with Crippen molar-refractivity contribution in [3.8, 4) is 10.6 Å². The summed E-state index contributed by atoms with van der Waals surface area (Å²) in [5, 5.41) is 10.3. The Hall–Kier alpha value is -1.76. The molecule has 0 fully saturated rings. The van der Waals surface area contributed by atoms with E-state index in [1.54, 1.807) is 11.3 Å². The molecule has 0 bridgehead atoms. The number of rotatable bonds is 7. The van der Waals surface area contributed by atoms with Crippen molar-refractivity contribution < 1.29 is 4.52 Å². The normalized spacial score (nSPS) is 12.0. The molecule has 2 heterocycles. The van der Waals surface area contributed by atoms with Gasteiger partial charge in [0.2, 0.25) is 5.89 Å². The number of benzene rings is 1. The number of nitrogens with one attached hydrogen (secondary N) is 1. The SMILES string of the molecule is CCc1ccc(-c2nc(Cc3nc(CC(C)NC)no3)cs2)cc1.Cl. The zero-order chi connectivity index (χ0) is 16.9. The van der Waals surface area contributed by atoms with Crippen molar-refractivity contribution in [3.05, 3.63) is 52.6 Å².